The third-order valence-electron chi connectivity index (χ3n) is 3.59. The second kappa shape index (κ2) is 6.35. The predicted molar refractivity (Wildman–Crippen MR) is 75.8 cm³/mol. The molecule has 0 saturated carbocycles. The van der Waals surface area contributed by atoms with E-state index >= 15 is 0 Å². The minimum atomic E-state index is 0.220. The second-order valence-corrected chi connectivity index (χ2v) is 5.53. The molecule has 2 heteroatoms. The van der Waals surface area contributed by atoms with Crippen LogP contribution in [-0.2, 0) is 11.2 Å². The van der Waals surface area contributed by atoms with Crippen molar-refractivity contribution in [1.29, 1.82) is 0 Å². The van der Waals surface area contributed by atoms with Gasteiger partial charge in [-0.3, -0.25) is 0 Å². The van der Waals surface area contributed by atoms with E-state index in [9.17, 15) is 0 Å². The summed E-state index contributed by atoms with van der Waals surface area (Å²) in [5.41, 5.74) is 2.84. The third kappa shape index (κ3) is 3.12. The largest absolute Gasteiger partial charge is 0.372 e. The molecule has 2 nitrogen and oxygen atoms in total. The summed E-state index contributed by atoms with van der Waals surface area (Å²) in [5, 5.41) is 3.60. The third-order valence-corrected chi connectivity index (χ3v) is 3.59. The molecule has 1 aliphatic rings. The number of fused-ring (bicyclic) bond motifs is 1. The van der Waals surface area contributed by atoms with E-state index in [4.69, 9.17) is 4.74 Å². The highest BCUT2D eigenvalue weighted by molar-refractivity contribution is 5.31. The normalized spacial score (nSPS) is 20.8. The van der Waals surface area contributed by atoms with Crippen molar-refractivity contribution in [2.75, 3.05) is 13.2 Å². The van der Waals surface area contributed by atoms with Gasteiger partial charge in [0.15, 0.2) is 0 Å². The van der Waals surface area contributed by atoms with E-state index in [0.29, 0.717) is 12.0 Å². The molecule has 2 unspecified atom stereocenters. The summed E-state index contributed by atoms with van der Waals surface area (Å²) in [5.74, 6) is 0.687. The zero-order valence-electron chi connectivity index (χ0n) is 11.8. The summed E-state index contributed by atoms with van der Waals surface area (Å²) >= 11 is 0. The van der Waals surface area contributed by atoms with Crippen LogP contribution in [-0.4, -0.2) is 19.2 Å². The number of ether oxygens (including phenoxy) is 1. The molecule has 1 heterocycles. The van der Waals surface area contributed by atoms with Crippen molar-refractivity contribution in [3.05, 3.63) is 35.4 Å². The van der Waals surface area contributed by atoms with Crippen LogP contribution in [0.2, 0.25) is 0 Å². The SMILES string of the molecule is CCNC(CC(C)C)C1OCCc2ccccc21. The van der Waals surface area contributed by atoms with Gasteiger partial charge in [-0.05, 0) is 36.4 Å². The van der Waals surface area contributed by atoms with E-state index in [-0.39, 0.29) is 6.10 Å². The van der Waals surface area contributed by atoms with Crippen LogP contribution in [0, 0.1) is 5.92 Å². The Hall–Kier alpha value is -0.860. The highest BCUT2D eigenvalue weighted by atomic mass is 16.5. The number of nitrogens with one attached hydrogen (secondary N) is 1. The van der Waals surface area contributed by atoms with Crippen LogP contribution in [0.25, 0.3) is 0 Å². The zero-order valence-corrected chi connectivity index (χ0v) is 11.8. The summed E-state index contributed by atoms with van der Waals surface area (Å²) in [6.07, 6.45) is 2.43. The lowest BCUT2D eigenvalue weighted by Crippen LogP contribution is -2.39. The van der Waals surface area contributed by atoms with E-state index in [1.54, 1.807) is 0 Å². The standard InChI is InChI=1S/C16H25NO/c1-4-17-15(11-12(2)3)16-14-8-6-5-7-13(14)9-10-18-16/h5-8,12,15-17H,4,9-11H2,1-3H3. The fourth-order valence-electron chi connectivity index (χ4n) is 2.84. The molecule has 0 radical (unpaired) electrons. The molecule has 1 aromatic carbocycles. The second-order valence-electron chi connectivity index (χ2n) is 5.53. The molecule has 0 spiro atoms. The van der Waals surface area contributed by atoms with E-state index in [0.717, 1.165) is 26.0 Å². The van der Waals surface area contributed by atoms with E-state index in [2.05, 4.69) is 50.4 Å². The Morgan fingerprint density at radius 3 is 2.83 bits per heavy atom. The molecule has 1 aliphatic heterocycles. The monoisotopic (exact) mass is 247 g/mol. The van der Waals surface area contributed by atoms with E-state index < -0.39 is 0 Å². The molecule has 0 aromatic heterocycles. The average Bonchev–Trinajstić information content (AvgIpc) is 2.37. The molecule has 18 heavy (non-hydrogen) atoms. The van der Waals surface area contributed by atoms with Crippen molar-refractivity contribution in [3.63, 3.8) is 0 Å². The zero-order chi connectivity index (χ0) is 13.0. The number of rotatable bonds is 5. The Morgan fingerprint density at radius 1 is 1.33 bits per heavy atom. The molecule has 0 bridgehead atoms. The van der Waals surface area contributed by atoms with Crippen molar-refractivity contribution in [1.82, 2.24) is 5.32 Å². The van der Waals surface area contributed by atoms with Crippen LogP contribution in [0.3, 0.4) is 0 Å². The van der Waals surface area contributed by atoms with Crippen LogP contribution in [0.4, 0.5) is 0 Å². The van der Waals surface area contributed by atoms with Crippen molar-refractivity contribution in [2.24, 2.45) is 5.92 Å². The first-order valence-electron chi connectivity index (χ1n) is 7.15. The molecule has 2 rings (SSSR count). The summed E-state index contributed by atoms with van der Waals surface area (Å²) in [6, 6.07) is 9.15. The van der Waals surface area contributed by atoms with Crippen LogP contribution >= 0.6 is 0 Å². The molecule has 1 aromatic rings. The van der Waals surface area contributed by atoms with E-state index in [1.165, 1.54) is 11.1 Å². The van der Waals surface area contributed by atoms with Crippen LogP contribution < -0.4 is 5.32 Å². The van der Waals surface area contributed by atoms with Crippen molar-refractivity contribution in [2.45, 2.75) is 45.8 Å². The Bertz CT molecular complexity index is 375. The molecule has 100 valence electrons. The van der Waals surface area contributed by atoms with Gasteiger partial charge in [0.2, 0.25) is 0 Å². The lowest BCUT2D eigenvalue weighted by atomic mass is 9.89. The fraction of sp³-hybridized carbons (Fsp3) is 0.625. The predicted octanol–water partition coefficient (Wildman–Crippen LogP) is 3.32. The first-order chi connectivity index (χ1) is 8.72. The topological polar surface area (TPSA) is 21.3 Å². The van der Waals surface area contributed by atoms with E-state index in [1.807, 2.05) is 0 Å². The maximum atomic E-state index is 6.06. The average molecular weight is 247 g/mol. The van der Waals surface area contributed by atoms with Gasteiger partial charge in [-0.15, -0.1) is 0 Å². The maximum Gasteiger partial charge on any atom is 0.0980 e. The van der Waals surface area contributed by atoms with Gasteiger partial charge in [0.05, 0.1) is 12.7 Å². The Labute approximate surface area is 111 Å². The lowest BCUT2D eigenvalue weighted by molar-refractivity contribution is 0.0107. The van der Waals surface area contributed by atoms with Gasteiger partial charge in [-0.25, -0.2) is 0 Å². The highest BCUT2D eigenvalue weighted by Gasteiger charge is 2.28. The number of hydrogen-bond acceptors (Lipinski definition) is 2. The molecule has 0 amide bonds. The smallest absolute Gasteiger partial charge is 0.0980 e. The lowest BCUT2D eigenvalue weighted by Gasteiger charge is -2.34. The minimum Gasteiger partial charge on any atom is -0.372 e. The van der Waals surface area contributed by atoms with Crippen LogP contribution in [0.5, 0.6) is 0 Å². The molecule has 0 aliphatic carbocycles. The number of hydrogen-bond donors (Lipinski definition) is 1. The first kappa shape index (κ1) is 13.6. The fourth-order valence-corrected chi connectivity index (χ4v) is 2.84. The Kier molecular flexibility index (Phi) is 4.79. The number of likely N-dealkylation sites (N-methyl/N-ethyl adjacent to an activating group) is 1. The van der Waals surface area contributed by atoms with Gasteiger partial charge in [-0.1, -0.05) is 45.0 Å². The van der Waals surface area contributed by atoms with Crippen molar-refractivity contribution in [3.8, 4) is 0 Å². The van der Waals surface area contributed by atoms with Gasteiger partial charge in [0.25, 0.3) is 0 Å². The van der Waals surface area contributed by atoms with Gasteiger partial charge in [0.1, 0.15) is 0 Å². The summed E-state index contributed by atoms with van der Waals surface area (Å²) in [6.45, 7) is 8.57. The van der Waals surface area contributed by atoms with Crippen LogP contribution in [0.1, 0.15) is 44.4 Å². The quantitative estimate of drug-likeness (QED) is 0.862. The Morgan fingerprint density at radius 2 is 2.11 bits per heavy atom. The summed E-state index contributed by atoms with van der Waals surface area (Å²) in [7, 11) is 0. The van der Waals surface area contributed by atoms with Gasteiger partial charge < -0.3 is 10.1 Å². The minimum absolute atomic E-state index is 0.220. The van der Waals surface area contributed by atoms with Gasteiger partial charge in [0, 0.05) is 6.04 Å². The first-order valence-corrected chi connectivity index (χ1v) is 7.15. The molecule has 2 atom stereocenters. The van der Waals surface area contributed by atoms with Gasteiger partial charge >= 0.3 is 0 Å². The molecule has 0 saturated heterocycles. The molecule has 0 fully saturated rings. The van der Waals surface area contributed by atoms with Crippen LogP contribution in [0.15, 0.2) is 24.3 Å². The summed E-state index contributed by atoms with van der Waals surface area (Å²) < 4.78 is 6.06. The molecular formula is C16H25NO. The molecular weight excluding hydrogens is 222 g/mol. The number of benzene rings is 1. The van der Waals surface area contributed by atoms with Crippen molar-refractivity contribution < 1.29 is 4.74 Å². The van der Waals surface area contributed by atoms with Gasteiger partial charge in [-0.2, -0.15) is 0 Å². The highest BCUT2D eigenvalue weighted by Crippen LogP contribution is 2.31. The van der Waals surface area contributed by atoms with Crippen molar-refractivity contribution >= 4 is 0 Å². The summed E-state index contributed by atoms with van der Waals surface area (Å²) in [4.78, 5) is 0. The Balaban J connectivity index is 2.20. The molecule has 1 N–H and O–H groups in total. The maximum absolute atomic E-state index is 6.06.